The summed E-state index contributed by atoms with van der Waals surface area (Å²) in [4.78, 5) is 11.3. The van der Waals surface area contributed by atoms with Crippen LogP contribution in [0, 0.1) is 5.92 Å². The SMILES string of the molecule is O=C1CCc2cc(CC3CCNCC3)ccc2N1. The van der Waals surface area contributed by atoms with E-state index in [2.05, 4.69) is 28.8 Å². The van der Waals surface area contributed by atoms with Crippen molar-refractivity contribution in [1.29, 1.82) is 0 Å². The number of fused-ring (bicyclic) bond motifs is 1. The molecule has 0 aliphatic carbocycles. The number of hydrogen-bond acceptors (Lipinski definition) is 2. The third-order valence-electron chi connectivity index (χ3n) is 4.05. The van der Waals surface area contributed by atoms with E-state index in [1.165, 1.54) is 30.4 Å². The second-order valence-electron chi connectivity index (χ2n) is 5.44. The number of nitrogens with one attached hydrogen (secondary N) is 2. The van der Waals surface area contributed by atoms with Crippen molar-refractivity contribution in [2.24, 2.45) is 5.92 Å². The summed E-state index contributed by atoms with van der Waals surface area (Å²) in [5.74, 6) is 0.969. The van der Waals surface area contributed by atoms with Gasteiger partial charge in [-0.2, -0.15) is 0 Å². The first-order valence-corrected chi connectivity index (χ1v) is 6.93. The van der Waals surface area contributed by atoms with Gasteiger partial charge in [0.25, 0.3) is 0 Å². The van der Waals surface area contributed by atoms with Crippen molar-refractivity contribution in [2.75, 3.05) is 18.4 Å². The highest BCUT2D eigenvalue weighted by Crippen LogP contribution is 2.26. The monoisotopic (exact) mass is 244 g/mol. The minimum atomic E-state index is 0.147. The first kappa shape index (κ1) is 11.7. The second kappa shape index (κ2) is 5.11. The highest BCUT2D eigenvalue weighted by atomic mass is 16.1. The van der Waals surface area contributed by atoms with Crippen LogP contribution >= 0.6 is 0 Å². The Hall–Kier alpha value is -1.35. The Balaban J connectivity index is 1.71. The van der Waals surface area contributed by atoms with Gasteiger partial charge in [0.15, 0.2) is 0 Å². The van der Waals surface area contributed by atoms with Crippen molar-refractivity contribution in [3.05, 3.63) is 29.3 Å². The van der Waals surface area contributed by atoms with Gasteiger partial charge in [0.1, 0.15) is 0 Å². The summed E-state index contributed by atoms with van der Waals surface area (Å²) >= 11 is 0. The van der Waals surface area contributed by atoms with Crippen LogP contribution in [0.2, 0.25) is 0 Å². The van der Waals surface area contributed by atoms with Crippen LogP contribution in [0.1, 0.15) is 30.4 Å². The lowest BCUT2D eigenvalue weighted by Crippen LogP contribution is -2.28. The maximum absolute atomic E-state index is 11.3. The number of amides is 1. The van der Waals surface area contributed by atoms with E-state index in [1.54, 1.807) is 0 Å². The molecule has 1 saturated heterocycles. The molecule has 3 nitrogen and oxygen atoms in total. The molecule has 0 unspecified atom stereocenters. The van der Waals surface area contributed by atoms with Crippen molar-refractivity contribution in [3.63, 3.8) is 0 Å². The van der Waals surface area contributed by atoms with E-state index in [9.17, 15) is 4.79 Å². The third kappa shape index (κ3) is 2.56. The molecule has 0 spiro atoms. The van der Waals surface area contributed by atoms with Gasteiger partial charge in [-0.15, -0.1) is 0 Å². The maximum Gasteiger partial charge on any atom is 0.224 e. The smallest absolute Gasteiger partial charge is 0.224 e. The van der Waals surface area contributed by atoms with Crippen molar-refractivity contribution >= 4 is 11.6 Å². The highest BCUT2D eigenvalue weighted by molar-refractivity contribution is 5.93. The van der Waals surface area contributed by atoms with Gasteiger partial charge < -0.3 is 10.6 Å². The predicted molar refractivity (Wildman–Crippen MR) is 72.7 cm³/mol. The molecule has 1 aromatic carbocycles. The molecular formula is C15H20N2O. The lowest BCUT2D eigenvalue weighted by atomic mass is 9.89. The zero-order valence-electron chi connectivity index (χ0n) is 10.7. The van der Waals surface area contributed by atoms with Gasteiger partial charge >= 0.3 is 0 Å². The number of rotatable bonds is 2. The largest absolute Gasteiger partial charge is 0.326 e. The predicted octanol–water partition coefficient (Wildman–Crippen LogP) is 2.11. The second-order valence-corrected chi connectivity index (χ2v) is 5.44. The highest BCUT2D eigenvalue weighted by Gasteiger charge is 2.17. The van der Waals surface area contributed by atoms with Gasteiger partial charge in [-0.25, -0.2) is 0 Å². The van der Waals surface area contributed by atoms with Crippen LogP contribution in [0.3, 0.4) is 0 Å². The van der Waals surface area contributed by atoms with Crippen LogP contribution in [-0.2, 0) is 17.6 Å². The van der Waals surface area contributed by atoms with E-state index in [4.69, 9.17) is 0 Å². The van der Waals surface area contributed by atoms with Crippen LogP contribution in [-0.4, -0.2) is 19.0 Å². The zero-order chi connectivity index (χ0) is 12.4. The summed E-state index contributed by atoms with van der Waals surface area (Å²) in [6, 6.07) is 6.53. The number of aryl methyl sites for hydroxylation is 1. The average Bonchev–Trinajstić information content (AvgIpc) is 2.40. The molecule has 96 valence electrons. The number of carbonyl (C=O) groups excluding carboxylic acids is 1. The quantitative estimate of drug-likeness (QED) is 0.836. The van der Waals surface area contributed by atoms with Gasteiger partial charge in [0.2, 0.25) is 5.91 Å². The molecular weight excluding hydrogens is 224 g/mol. The Bertz CT molecular complexity index is 450. The van der Waals surface area contributed by atoms with E-state index < -0.39 is 0 Å². The molecule has 1 fully saturated rings. The summed E-state index contributed by atoms with van der Waals surface area (Å²) < 4.78 is 0. The maximum atomic E-state index is 11.3. The summed E-state index contributed by atoms with van der Waals surface area (Å²) in [7, 11) is 0. The molecule has 1 aromatic rings. The van der Waals surface area contributed by atoms with Crippen LogP contribution < -0.4 is 10.6 Å². The average molecular weight is 244 g/mol. The normalized spacial score (nSPS) is 20.3. The summed E-state index contributed by atoms with van der Waals surface area (Å²) in [5.41, 5.74) is 3.75. The minimum absolute atomic E-state index is 0.147. The van der Waals surface area contributed by atoms with E-state index >= 15 is 0 Å². The zero-order valence-corrected chi connectivity index (χ0v) is 10.7. The van der Waals surface area contributed by atoms with Crippen LogP contribution in [0.5, 0.6) is 0 Å². The van der Waals surface area contributed by atoms with Crippen LogP contribution in [0.25, 0.3) is 0 Å². The Morgan fingerprint density at radius 1 is 1.17 bits per heavy atom. The first-order valence-electron chi connectivity index (χ1n) is 6.93. The Morgan fingerprint density at radius 2 is 2.00 bits per heavy atom. The molecule has 2 N–H and O–H groups in total. The molecule has 2 aliphatic rings. The summed E-state index contributed by atoms with van der Waals surface area (Å²) in [6.07, 6.45) is 5.27. The van der Waals surface area contributed by atoms with E-state index in [0.29, 0.717) is 6.42 Å². The number of carbonyl (C=O) groups is 1. The molecule has 0 atom stereocenters. The van der Waals surface area contributed by atoms with Gasteiger partial charge in [0, 0.05) is 12.1 Å². The standard InChI is InChI=1S/C15H20N2O/c18-15-4-2-13-10-12(1-3-14(13)17-15)9-11-5-7-16-8-6-11/h1,3,10-11,16H,2,4-9H2,(H,17,18). The fraction of sp³-hybridized carbons (Fsp3) is 0.533. The number of anilines is 1. The minimum Gasteiger partial charge on any atom is -0.326 e. The molecule has 0 radical (unpaired) electrons. The Kier molecular flexibility index (Phi) is 3.33. The summed E-state index contributed by atoms with van der Waals surface area (Å²) in [5, 5.41) is 6.35. The molecule has 0 aromatic heterocycles. The fourth-order valence-electron chi connectivity index (χ4n) is 2.98. The molecule has 3 rings (SSSR count). The molecule has 1 amide bonds. The van der Waals surface area contributed by atoms with Crippen molar-refractivity contribution in [1.82, 2.24) is 5.32 Å². The lowest BCUT2D eigenvalue weighted by Gasteiger charge is -2.23. The van der Waals surface area contributed by atoms with E-state index in [1.807, 2.05) is 0 Å². The lowest BCUT2D eigenvalue weighted by molar-refractivity contribution is -0.116. The number of piperidine rings is 1. The Labute approximate surface area is 108 Å². The van der Waals surface area contributed by atoms with E-state index in [0.717, 1.165) is 31.1 Å². The fourth-order valence-corrected chi connectivity index (χ4v) is 2.98. The van der Waals surface area contributed by atoms with Crippen molar-refractivity contribution in [3.8, 4) is 0 Å². The third-order valence-corrected chi connectivity index (χ3v) is 4.05. The molecule has 2 aliphatic heterocycles. The van der Waals surface area contributed by atoms with Crippen molar-refractivity contribution < 1.29 is 4.79 Å². The van der Waals surface area contributed by atoms with Crippen LogP contribution in [0.15, 0.2) is 18.2 Å². The van der Waals surface area contributed by atoms with E-state index in [-0.39, 0.29) is 5.91 Å². The number of hydrogen-bond donors (Lipinski definition) is 2. The van der Waals surface area contributed by atoms with Gasteiger partial charge in [0.05, 0.1) is 0 Å². The molecule has 18 heavy (non-hydrogen) atoms. The first-order chi connectivity index (χ1) is 8.81. The molecule has 3 heteroatoms. The topological polar surface area (TPSA) is 41.1 Å². The van der Waals surface area contributed by atoms with Crippen molar-refractivity contribution in [2.45, 2.75) is 32.1 Å². The molecule has 0 saturated carbocycles. The number of benzene rings is 1. The van der Waals surface area contributed by atoms with Gasteiger partial charge in [-0.3, -0.25) is 4.79 Å². The van der Waals surface area contributed by atoms with Crippen LogP contribution in [0.4, 0.5) is 5.69 Å². The molecule has 2 heterocycles. The van der Waals surface area contributed by atoms with Gasteiger partial charge in [-0.05, 0) is 61.9 Å². The molecule has 0 bridgehead atoms. The van der Waals surface area contributed by atoms with Gasteiger partial charge in [-0.1, -0.05) is 12.1 Å². The Morgan fingerprint density at radius 3 is 2.83 bits per heavy atom. The summed E-state index contributed by atoms with van der Waals surface area (Å²) in [6.45, 7) is 2.32.